The molecule has 4 heterocycles. The Morgan fingerprint density at radius 1 is 1.21 bits per heavy atom. The van der Waals surface area contributed by atoms with E-state index in [1.54, 1.807) is 17.1 Å². The van der Waals surface area contributed by atoms with Gasteiger partial charge in [-0.2, -0.15) is 15.1 Å². The van der Waals surface area contributed by atoms with E-state index in [1.807, 2.05) is 31.1 Å². The lowest BCUT2D eigenvalue weighted by atomic mass is 9.98. The molecule has 2 aliphatic rings. The summed E-state index contributed by atoms with van der Waals surface area (Å²) >= 11 is 0. The van der Waals surface area contributed by atoms with E-state index in [1.165, 1.54) is 0 Å². The number of nitrogen functional groups attached to an aromatic ring is 1. The monoisotopic (exact) mass is 541 g/mol. The number of amides is 1. The van der Waals surface area contributed by atoms with Gasteiger partial charge in [-0.3, -0.25) is 9.48 Å². The van der Waals surface area contributed by atoms with Crippen molar-refractivity contribution in [1.29, 1.82) is 0 Å². The third-order valence-electron chi connectivity index (χ3n) is 7.17. The van der Waals surface area contributed by atoms with Gasteiger partial charge >= 0.3 is 0 Å². The van der Waals surface area contributed by atoms with Crippen LogP contribution in [0, 0.1) is 11.8 Å². The molecule has 1 amide bonds. The number of halogens is 2. The van der Waals surface area contributed by atoms with Crippen molar-refractivity contribution in [3.8, 4) is 16.9 Å². The van der Waals surface area contributed by atoms with Crippen LogP contribution in [0.2, 0.25) is 0 Å². The molecule has 13 heteroatoms. The van der Waals surface area contributed by atoms with Gasteiger partial charge in [-0.15, -0.1) is 0 Å². The summed E-state index contributed by atoms with van der Waals surface area (Å²) in [5.41, 5.74) is 7.87. The van der Waals surface area contributed by atoms with Crippen LogP contribution >= 0.6 is 0 Å². The summed E-state index contributed by atoms with van der Waals surface area (Å²) in [6, 6.07) is 1.88. The van der Waals surface area contributed by atoms with Gasteiger partial charge in [0.25, 0.3) is 11.8 Å². The van der Waals surface area contributed by atoms with Crippen molar-refractivity contribution < 1.29 is 18.3 Å². The van der Waals surface area contributed by atoms with Crippen LogP contribution in [0.1, 0.15) is 49.1 Å². The number of nitrogens with two attached hydrogens (primary N) is 1. The van der Waals surface area contributed by atoms with Crippen LogP contribution in [0.15, 0.2) is 24.7 Å². The number of carbonyl (C=O) groups is 1. The van der Waals surface area contributed by atoms with E-state index in [2.05, 4.69) is 30.4 Å². The number of nitrogens with one attached hydrogen (secondary N) is 1. The van der Waals surface area contributed by atoms with E-state index in [9.17, 15) is 13.6 Å². The number of hydrogen-bond acceptors (Lipinski definition) is 9. The minimum Gasteiger partial charge on any atom is -0.489 e. The quantitative estimate of drug-likeness (QED) is 0.397. The zero-order chi connectivity index (χ0) is 27.6. The lowest BCUT2D eigenvalue weighted by Crippen LogP contribution is -2.37. The van der Waals surface area contributed by atoms with E-state index < -0.39 is 17.7 Å². The standard InChI is InChI=1S/C26H33F2N9O2/c1-3-30-24(38)23-33-21(5-4-19-11-26(19,27)28)34-25(35-23)37-8-6-16(7-9-37)15-39-20-10-17(12-31-22(20)29)18-13-32-36(2)14-18/h10,12-14,16,19H,3-9,11,15H2,1-2H3,(H2,29,31)(H,30,38). The number of anilines is 2. The highest BCUT2D eigenvalue weighted by atomic mass is 19.3. The summed E-state index contributed by atoms with van der Waals surface area (Å²) < 4.78 is 34.5. The number of rotatable bonds is 10. The highest BCUT2D eigenvalue weighted by Crippen LogP contribution is 2.51. The van der Waals surface area contributed by atoms with Crippen LogP contribution in [0.5, 0.6) is 5.75 Å². The van der Waals surface area contributed by atoms with Crippen molar-refractivity contribution in [2.75, 3.05) is 36.9 Å². The average molecular weight is 542 g/mol. The molecule has 0 bridgehead atoms. The minimum absolute atomic E-state index is 0.0151. The molecule has 3 aromatic heterocycles. The molecule has 39 heavy (non-hydrogen) atoms. The van der Waals surface area contributed by atoms with Crippen molar-refractivity contribution in [2.24, 2.45) is 18.9 Å². The normalized spacial score (nSPS) is 18.7. The first-order valence-corrected chi connectivity index (χ1v) is 13.2. The molecule has 5 rings (SSSR count). The summed E-state index contributed by atoms with van der Waals surface area (Å²) in [6.07, 6.45) is 7.47. The van der Waals surface area contributed by atoms with Crippen molar-refractivity contribution in [3.63, 3.8) is 0 Å². The van der Waals surface area contributed by atoms with Crippen LogP contribution in [0.4, 0.5) is 20.5 Å². The van der Waals surface area contributed by atoms with Crippen LogP contribution in [-0.4, -0.2) is 67.8 Å². The zero-order valence-corrected chi connectivity index (χ0v) is 22.1. The van der Waals surface area contributed by atoms with Crippen molar-refractivity contribution in [3.05, 3.63) is 36.3 Å². The van der Waals surface area contributed by atoms with Crippen LogP contribution in [0.3, 0.4) is 0 Å². The molecule has 1 saturated carbocycles. The molecule has 1 unspecified atom stereocenters. The number of ether oxygens (including phenoxy) is 1. The molecule has 0 radical (unpaired) electrons. The number of nitrogens with zero attached hydrogens (tertiary/aromatic N) is 7. The molecule has 3 aromatic rings. The number of pyridine rings is 1. The Labute approximate surface area is 225 Å². The van der Waals surface area contributed by atoms with E-state index in [0.717, 1.165) is 24.0 Å². The van der Waals surface area contributed by atoms with Crippen molar-refractivity contribution in [1.82, 2.24) is 35.0 Å². The topological polar surface area (TPSA) is 137 Å². The molecule has 208 valence electrons. The Kier molecular flexibility index (Phi) is 7.58. The first-order valence-electron chi connectivity index (χ1n) is 13.2. The number of carbonyl (C=O) groups excluding carboxylic acids is 1. The first-order chi connectivity index (χ1) is 18.7. The molecular formula is C26H33F2N9O2. The second kappa shape index (κ2) is 11.1. The summed E-state index contributed by atoms with van der Waals surface area (Å²) in [5.74, 6) is -1.70. The highest BCUT2D eigenvalue weighted by Gasteiger charge is 2.56. The van der Waals surface area contributed by atoms with Crippen molar-refractivity contribution >= 4 is 17.7 Å². The molecular weight excluding hydrogens is 508 g/mol. The maximum absolute atomic E-state index is 13.4. The van der Waals surface area contributed by atoms with Crippen LogP contribution in [0.25, 0.3) is 11.1 Å². The van der Waals surface area contributed by atoms with Gasteiger partial charge in [0.15, 0.2) is 11.6 Å². The number of alkyl halides is 2. The SMILES string of the molecule is CCNC(=O)c1nc(CCC2CC2(F)F)nc(N2CCC(COc3cc(-c4cnn(C)c4)cnc3N)CC2)n1. The Balaban J connectivity index is 1.20. The van der Waals surface area contributed by atoms with Gasteiger partial charge < -0.3 is 20.7 Å². The van der Waals surface area contributed by atoms with E-state index in [4.69, 9.17) is 10.5 Å². The maximum Gasteiger partial charge on any atom is 0.289 e. The van der Waals surface area contributed by atoms with E-state index in [0.29, 0.717) is 49.6 Å². The number of hydrogen-bond donors (Lipinski definition) is 2. The average Bonchev–Trinajstić information content (AvgIpc) is 3.31. The predicted molar refractivity (Wildman–Crippen MR) is 140 cm³/mol. The van der Waals surface area contributed by atoms with Gasteiger partial charge in [0.1, 0.15) is 5.82 Å². The van der Waals surface area contributed by atoms with Gasteiger partial charge in [0, 0.05) is 69.0 Å². The summed E-state index contributed by atoms with van der Waals surface area (Å²) in [4.78, 5) is 31.9. The largest absolute Gasteiger partial charge is 0.489 e. The Morgan fingerprint density at radius 3 is 2.64 bits per heavy atom. The molecule has 3 N–H and O–H groups in total. The molecule has 1 saturated heterocycles. The Bertz CT molecular complexity index is 1320. The molecule has 11 nitrogen and oxygen atoms in total. The molecule has 2 fully saturated rings. The number of aromatic nitrogens is 6. The second-order valence-electron chi connectivity index (χ2n) is 10.2. The highest BCUT2D eigenvalue weighted by molar-refractivity contribution is 5.90. The van der Waals surface area contributed by atoms with Gasteiger partial charge in [-0.1, -0.05) is 0 Å². The molecule has 1 aliphatic carbocycles. The minimum atomic E-state index is -2.59. The zero-order valence-electron chi connectivity index (χ0n) is 22.1. The fraction of sp³-hybridized carbons (Fsp3) is 0.538. The van der Waals surface area contributed by atoms with Gasteiger partial charge in [-0.05, 0) is 38.2 Å². The first kappa shape index (κ1) is 26.7. The van der Waals surface area contributed by atoms with Crippen LogP contribution < -0.4 is 20.7 Å². The van der Waals surface area contributed by atoms with E-state index in [-0.39, 0.29) is 31.0 Å². The van der Waals surface area contributed by atoms with Gasteiger partial charge in [0.2, 0.25) is 11.8 Å². The number of piperidine rings is 1. The third kappa shape index (κ3) is 6.40. The Hall–Kier alpha value is -3.90. The predicted octanol–water partition coefficient (Wildman–Crippen LogP) is 2.88. The van der Waals surface area contributed by atoms with E-state index >= 15 is 0 Å². The maximum atomic E-state index is 13.4. The van der Waals surface area contributed by atoms with Gasteiger partial charge in [0.05, 0.1) is 12.8 Å². The third-order valence-corrected chi connectivity index (χ3v) is 7.17. The fourth-order valence-electron chi connectivity index (χ4n) is 4.69. The molecule has 1 atom stereocenters. The smallest absolute Gasteiger partial charge is 0.289 e. The number of aryl methyl sites for hydroxylation is 2. The van der Waals surface area contributed by atoms with Crippen LogP contribution in [-0.2, 0) is 13.5 Å². The fourth-order valence-corrected chi connectivity index (χ4v) is 4.69. The Morgan fingerprint density at radius 2 is 1.97 bits per heavy atom. The lowest BCUT2D eigenvalue weighted by Gasteiger charge is -2.32. The van der Waals surface area contributed by atoms with Crippen molar-refractivity contribution in [2.45, 2.75) is 45.0 Å². The summed E-state index contributed by atoms with van der Waals surface area (Å²) in [6.45, 7) is 4.05. The molecule has 1 aliphatic heterocycles. The summed E-state index contributed by atoms with van der Waals surface area (Å²) in [7, 11) is 1.85. The molecule has 0 spiro atoms. The lowest BCUT2D eigenvalue weighted by molar-refractivity contribution is 0.0939. The summed E-state index contributed by atoms with van der Waals surface area (Å²) in [5, 5.41) is 6.90. The van der Waals surface area contributed by atoms with Gasteiger partial charge in [-0.25, -0.2) is 18.7 Å². The second-order valence-corrected chi connectivity index (χ2v) is 10.2. The molecule has 0 aromatic carbocycles.